The number of hydrogen-bond acceptors (Lipinski definition) is 4. The molecule has 1 heterocycles. The van der Waals surface area contributed by atoms with Gasteiger partial charge in [0, 0.05) is 12.1 Å². The van der Waals surface area contributed by atoms with Crippen LogP contribution in [0, 0.1) is 0 Å². The summed E-state index contributed by atoms with van der Waals surface area (Å²) in [7, 11) is 1.67. The summed E-state index contributed by atoms with van der Waals surface area (Å²) < 4.78 is 11.3. The predicted octanol–water partition coefficient (Wildman–Crippen LogP) is 3.22. The number of aliphatic hydroxyl groups excluding tert-OH is 1. The van der Waals surface area contributed by atoms with Crippen molar-refractivity contribution in [3.63, 3.8) is 0 Å². The molecule has 0 unspecified atom stereocenters. The lowest BCUT2D eigenvalue weighted by Crippen LogP contribution is -2.38. The summed E-state index contributed by atoms with van der Waals surface area (Å²) in [4.78, 5) is 2.33. The van der Waals surface area contributed by atoms with Gasteiger partial charge in [0.25, 0.3) is 0 Å². The molecule has 1 aliphatic rings. The average Bonchev–Trinajstić information content (AvgIpc) is 2.53. The average molecular weight is 321 g/mol. The second-order valence-corrected chi connectivity index (χ2v) is 7.44. The Bertz CT molecular complexity index is 490. The van der Waals surface area contributed by atoms with Crippen LogP contribution >= 0.6 is 0 Å². The summed E-state index contributed by atoms with van der Waals surface area (Å²) in [6.45, 7) is 9.66. The molecule has 1 aromatic carbocycles. The van der Waals surface area contributed by atoms with E-state index in [2.05, 4.69) is 25.7 Å². The van der Waals surface area contributed by atoms with Gasteiger partial charge in [-0.1, -0.05) is 27.2 Å². The first kappa shape index (κ1) is 18.1. The van der Waals surface area contributed by atoms with Gasteiger partial charge in [-0.25, -0.2) is 0 Å². The third-order valence-electron chi connectivity index (χ3n) is 4.34. The van der Waals surface area contributed by atoms with Gasteiger partial charge in [-0.05, 0) is 49.5 Å². The van der Waals surface area contributed by atoms with E-state index in [0.717, 1.165) is 30.2 Å². The fraction of sp³-hybridized carbons (Fsp3) is 0.684. The molecule has 1 fully saturated rings. The molecule has 2 rings (SSSR count). The minimum absolute atomic E-state index is 0.0400. The molecule has 130 valence electrons. The second kappa shape index (κ2) is 8.02. The number of aliphatic hydroxyl groups is 1. The Balaban J connectivity index is 1.96. The van der Waals surface area contributed by atoms with Crippen molar-refractivity contribution in [3.8, 4) is 11.5 Å². The quantitative estimate of drug-likeness (QED) is 0.873. The van der Waals surface area contributed by atoms with Gasteiger partial charge in [0.05, 0.1) is 7.11 Å². The molecule has 1 N–H and O–H groups in total. The summed E-state index contributed by atoms with van der Waals surface area (Å²) in [5.41, 5.74) is 1.06. The van der Waals surface area contributed by atoms with Crippen LogP contribution < -0.4 is 9.47 Å². The molecule has 4 heteroatoms. The number of nitrogens with zero attached hydrogens (tertiary/aromatic N) is 1. The van der Waals surface area contributed by atoms with Gasteiger partial charge in [-0.2, -0.15) is 0 Å². The number of β-amino-alcohol motifs (C(OH)–C–C–N with tert-alkyl or cyclic N) is 1. The second-order valence-electron chi connectivity index (χ2n) is 7.44. The first-order valence-electron chi connectivity index (χ1n) is 8.62. The van der Waals surface area contributed by atoms with Gasteiger partial charge >= 0.3 is 0 Å². The Hall–Kier alpha value is -1.26. The van der Waals surface area contributed by atoms with E-state index in [-0.39, 0.29) is 5.41 Å². The van der Waals surface area contributed by atoms with Crippen LogP contribution in [0.5, 0.6) is 11.5 Å². The molecule has 0 radical (unpaired) electrons. The monoisotopic (exact) mass is 321 g/mol. The maximum Gasteiger partial charge on any atom is 0.123 e. The van der Waals surface area contributed by atoms with Crippen molar-refractivity contribution < 1.29 is 14.6 Å². The van der Waals surface area contributed by atoms with Crippen LogP contribution in [0.15, 0.2) is 18.2 Å². The number of methoxy groups -OCH3 is 1. The van der Waals surface area contributed by atoms with Crippen molar-refractivity contribution in [1.29, 1.82) is 0 Å². The lowest BCUT2D eigenvalue weighted by Gasteiger charge is -2.29. The van der Waals surface area contributed by atoms with E-state index in [1.807, 2.05) is 18.2 Å². The highest BCUT2D eigenvalue weighted by molar-refractivity contribution is 5.44. The van der Waals surface area contributed by atoms with E-state index >= 15 is 0 Å². The van der Waals surface area contributed by atoms with Crippen LogP contribution in [0.2, 0.25) is 0 Å². The summed E-state index contributed by atoms with van der Waals surface area (Å²) in [6.07, 6.45) is 3.33. The Morgan fingerprint density at radius 2 is 1.87 bits per heavy atom. The third-order valence-corrected chi connectivity index (χ3v) is 4.34. The Labute approximate surface area is 140 Å². The van der Waals surface area contributed by atoms with Crippen molar-refractivity contribution in [2.45, 2.75) is 51.6 Å². The van der Waals surface area contributed by atoms with Gasteiger partial charge in [0.15, 0.2) is 0 Å². The molecule has 0 amide bonds. The van der Waals surface area contributed by atoms with Crippen molar-refractivity contribution in [2.24, 2.45) is 0 Å². The van der Waals surface area contributed by atoms with E-state index in [9.17, 15) is 5.11 Å². The highest BCUT2D eigenvalue weighted by atomic mass is 16.5. The zero-order valence-electron chi connectivity index (χ0n) is 15.0. The topological polar surface area (TPSA) is 41.9 Å². The van der Waals surface area contributed by atoms with Gasteiger partial charge in [-0.3, -0.25) is 0 Å². The van der Waals surface area contributed by atoms with Crippen molar-refractivity contribution >= 4 is 0 Å². The standard InChI is InChI=1S/C19H31NO3/c1-19(2,3)17-12-16(22-4)8-9-18(17)23-14-15(21)13-20-10-6-5-7-11-20/h8-9,12,15,21H,5-7,10-11,13-14H2,1-4H3/t15-/m1/s1. The first-order chi connectivity index (χ1) is 10.9. The Morgan fingerprint density at radius 3 is 2.48 bits per heavy atom. The Kier molecular flexibility index (Phi) is 6.31. The maximum atomic E-state index is 10.3. The highest BCUT2D eigenvalue weighted by Crippen LogP contribution is 2.34. The molecule has 1 atom stereocenters. The normalized spacial score (nSPS) is 17.8. The SMILES string of the molecule is COc1ccc(OC[C@H](O)CN2CCCCC2)c(C(C)(C)C)c1. The van der Waals surface area contributed by atoms with Gasteiger partial charge in [-0.15, -0.1) is 0 Å². The number of likely N-dealkylation sites (tertiary alicyclic amines) is 1. The molecule has 0 aliphatic carbocycles. The fourth-order valence-corrected chi connectivity index (χ4v) is 3.03. The van der Waals surface area contributed by atoms with E-state index in [1.54, 1.807) is 7.11 Å². The van der Waals surface area contributed by atoms with Crippen molar-refractivity contribution in [3.05, 3.63) is 23.8 Å². The third kappa shape index (κ3) is 5.40. The zero-order valence-corrected chi connectivity index (χ0v) is 15.0. The summed E-state index contributed by atoms with van der Waals surface area (Å²) in [5.74, 6) is 1.66. The molecule has 1 aromatic rings. The summed E-state index contributed by atoms with van der Waals surface area (Å²) >= 11 is 0. The molecule has 1 saturated heterocycles. The molecule has 4 nitrogen and oxygen atoms in total. The van der Waals surface area contributed by atoms with Crippen LogP contribution in [-0.2, 0) is 5.41 Å². The van der Waals surface area contributed by atoms with E-state index < -0.39 is 6.10 Å². The largest absolute Gasteiger partial charge is 0.497 e. The molecular weight excluding hydrogens is 290 g/mol. The lowest BCUT2D eigenvalue weighted by atomic mass is 9.86. The number of hydrogen-bond donors (Lipinski definition) is 1. The zero-order chi connectivity index (χ0) is 16.9. The van der Waals surface area contributed by atoms with Crippen molar-refractivity contribution in [1.82, 2.24) is 4.90 Å². The summed E-state index contributed by atoms with van der Waals surface area (Å²) in [5, 5.41) is 10.3. The molecule has 1 aliphatic heterocycles. The lowest BCUT2D eigenvalue weighted by molar-refractivity contribution is 0.0611. The Morgan fingerprint density at radius 1 is 1.17 bits per heavy atom. The molecule has 0 spiro atoms. The molecule has 0 aromatic heterocycles. The van der Waals surface area contributed by atoms with Crippen LogP contribution in [0.1, 0.15) is 45.6 Å². The van der Waals surface area contributed by atoms with E-state index in [0.29, 0.717) is 13.2 Å². The summed E-state index contributed by atoms with van der Waals surface area (Å²) in [6, 6.07) is 5.86. The first-order valence-corrected chi connectivity index (χ1v) is 8.62. The van der Waals surface area contributed by atoms with Gasteiger partial charge in [0.2, 0.25) is 0 Å². The van der Waals surface area contributed by atoms with Crippen LogP contribution in [0.4, 0.5) is 0 Å². The number of ether oxygens (including phenoxy) is 2. The van der Waals surface area contributed by atoms with Crippen LogP contribution in [0.3, 0.4) is 0 Å². The number of benzene rings is 1. The fourth-order valence-electron chi connectivity index (χ4n) is 3.03. The maximum absolute atomic E-state index is 10.3. The number of piperidine rings is 1. The molecule has 0 saturated carbocycles. The van der Waals surface area contributed by atoms with Crippen LogP contribution in [0.25, 0.3) is 0 Å². The van der Waals surface area contributed by atoms with Crippen LogP contribution in [-0.4, -0.2) is 49.5 Å². The van der Waals surface area contributed by atoms with Crippen molar-refractivity contribution in [2.75, 3.05) is 33.4 Å². The van der Waals surface area contributed by atoms with E-state index in [1.165, 1.54) is 19.3 Å². The minimum atomic E-state index is -0.456. The van der Waals surface area contributed by atoms with E-state index in [4.69, 9.17) is 9.47 Å². The van der Waals surface area contributed by atoms with Gasteiger partial charge < -0.3 is 19.5 Å². The molecular formula is C19H31NO3. The number of rotatable bonds is 6. The highest BCUT2D eigenvalue weighted by Gasteiger charge is 2.21. The minimum Gasteiger partial charge on any atom is -0.497 e. The molecule has 23 heavy (non-hydrogen) atoms. The molecule has 0 bridgehead atoms. The predicted molar refractivity (Wildman–Crippen MR) is 93.5 cm³/mol. The smallest absolute Gasteiger partial charge is 0.123 e. The van der Waals surface area contributed by atoms with Gasteiger partial charge in [0.1, 0.15) is 24.2 Å².